The van der Waals surface area contributed by atoms with Crippen LogP contribution in [0.4, 0.5) is 13.2 Å². The lowest BCUT2D eigenvalue weighted by atomic mass is 10.3. The van der Waals surface area contributed by atoms with Gasteiger partial charge < -0.3 is 5.11 Å². The van der Waals surface area contributed by atoms with Crippen molar-refractivity contribution in [3.63, 3.8) is 0 Å². The van der Waals surface area contributed by atoms with Crippen molar-refractivity contribution in [2.45, 2.75) is 32.5 Å². The van der Waals surface area contributed by atoms with Crippen molar-refractivity contribution in [2.75, 3.05) is 0 Å². The molecular weight excluding hydrogens is 225 g/mol. The molecule has 0 aliphatic heterocycles. The van der Waals surface area contributed by atoms with Gasteiger partial charge in [0.05, 0.1) is 0 Å². The van der Waals surface area contributed by atoms with E-state index in [0.717, 1.165) is 0 Å². The van der Waals surface area contributed by atoms with Gasteiger partial charge >= 0.3 is 12.1 Å². The number of unbranched alkanes of at least 4 members (excludes halogenated alkanes) is 1. The maximum absolute atomic E-state index is 12.5. The Labute approximate surface area is 89.7 Å². The molecule has 0 saturated heterocycles. The summed E-state index contributed by atoms with van der Waals surface area (Å²) in [5.74, 6) is -1.46. The fraction of sp³-hybridized carbons (Fsp3) is 0.556. The highest BCUT2D eigenvalue weighted by molar-refractivity contribution is 5.85. The van der Waals surface area contributed by atoms with E-state index in [4.69, 9.17) is 5.11 Å². The third kappa shape index (κ3) is 2.74. The van der Waals surface area contributed by atoms with Gasteiger partial charge in [-0.05, 0) is 6.42 Å². The van der Waals surface area contributed by atoms with Crippen LogP contribution in [0.5, 0.6) is 0 Å². The number of nitrogens with zero attached hydrogens (tertiary/aromatic N) is 2. The zero-order chi connectivity index (χ0) is 12.3. The normalized spacial score (nSPS) is 11.8. The quantitative estimate of drug-likeness (QED) is 0.873. The molecule has 1 rings (SSSR count). The fourth-order valence-corrected chi connectivity index (χ4v) is 1.23. The summed E-state index contributed by atoms with van der Waals surface area (Å²) in [7, 11) is 0. The van der Waals surface area contributed by atoms with Gasteiger partial charge in [0.1, 0.15) is 5.69 Å². The van der Waals surface area contributed by atoms with Crippen LogP contribution in [-0.2, 0) is 12.7 Å². The Hall–Kier alpha value is -1.53. The summed E-state index contributed by atoms with van der Waals surface area (Å²) < 4.78 is 38.2. The van der Waals surface area contributed by atoms with Gasteiger partial charge in [-0.15, -0.1) is 0 Å². The SMILES string of the molecule is CCCCn1nc(C(=O)O)cc1C(F)(F)F. The number of hydrogen-bond donors (Lipinski definition) is 1. The molecule has 1 aromatic rings. The zero-order valence-electron chi connectivity index (χ0n) is 8.58. The number of aromatic nitrogens is 2. The lowest BCUT2D eigenvalue weighted by Gasteiger charge is -2.08. The third-order valence-corrected chi connectivity index (χ3v) is 2.01. The number of aryl methyl sites for hydroxylation is 1. The Morgan fingerprint density at radius 1 is 1.56 bits per heavy atom. The van der Waals surface area contributed by atoms with Gasteiger partial charge in [0, 0.05) is 12.6 Å². The van der Waals surface area contributed by atoms with Crippen molar-refractivity contribution in [1.82, 2.24) is 9.78 Å². The molecule has 0 spiro atoms. The largest absolute Gasteiger partial charge is 0.476 e. The lowest BCUT2D eigenvalue weighted by Crippen LogP contribution is -2.14. The smallest absolute Gasteiger partial charge is 0.433 e. The summed E-state index contributed by atoms with van der Waals surface area (Å²) >= 11 is 0. The number of alkyl halides is 3. The number of aromatic carboxylic acids is 1. The van der Waals surface area contributed by atoms with E-state index in [9.17, 15) is 18.0 Å². The summed E-state index contributed by atoms with van der Waals surface area (Å²) in [5.41, 5.74) is -1.60. The van der Waals surface area contributed by atoms with Gasteiger partial charge in [-0.25, -0.2) is 4.79 Å². The summed E-state index contributed by atoms with van der Waals surface area (Å²) in [4.78, 5) is 10.5. The Bertz CT molecular complexity index is 385. The molecule has 7 heteroatoms. The molecule has 0 aliphatic carbocycles. The van der Waals surface area contributed by atoms with E-state index in [1.54, 1.807) is 0 Å². The van der Waals surface area contributed by atoms with Gasteiger partial charge in [0.2, 0.25) is 0 Å². The first-order valence-corrected chi connectivity index (χ1v) is 4.74. The minimum Gasteiger partial charge on any atom is -0.476 e. The predicted octanol–water partition coefficient (Wildman–Crippen LogP) is 2.40. The van der Waals surface area contributed by atoms with Crippen LogP contribution >= 0.6 is 0 Å². The summed E-state index contributed by atoms with van der Waals surface area (Å²) in [6, 6.07) is 0.554. The highest BCUT2D eigenvalue weighted by atomic mass is 19.4. The molecule has 4 nitrogen and oxygen atoms in total. The Morgan fingerprint density at radius 3 is 2.62 bits per heavy atom. The molecule has 90 valence electrons. The maximum Gasteiger partial charge on any atom is 0.433 e. The first kappa shape index (κ1) is 12.5. The highest BCUT2D eigenvalue weighted by Gasteiger charge is 2.36. The molecule has 0 fully saturated rings. The van der Waals surface area contributed by atoms with Crippen LogP contribution in [0.25, 0.3) is 0 Å². The molecule has 16 heavy (non-hydrogen) atoms. The van der Waals surface area contributed by atoms with Crippen molar-refractivity contribution in [2.24, 2.45) is 0 Å². The topological polar surface area (TPSA) is 55.1 Å². The molecule has 1 N–H and O–H groups in total. The monoisotopic (exact) mass is 236 g/mol. The molecule has 0 aliphatic rings. The standard InChI is InChI=1S/C9H11F3N2O2/c1-2-3-4-14-7(9(10,11)12)5-6(13-14)8(15)16/h5H,2-4H2,1H3,(H,15,16). The lowest BCUT2D eigenvalue weighted by molar-refractivity contribution is -0.144. The summed E-state index contributed by atoms with van der Waals surface area (Å²) in [5, 5.41) is 12.0. The second-order valence-electron chi connectivity index (χ2n) is 3.29. The third-order valence-electron chi connectivity index (χ3n) is 2.01. The first-order chi connectivity index (χ1) is 7.36. The average Bonchev–Trinajstić information content (AvgIpc) is 2.57. The van der Waals surface area contributed by atoms with E-state index in [0.29, 0.717) is 23.6 Å². The predicted molar refractivity (Wildman–Crippen MR) is 49.1 cm³/mol. The number of carbonyl (C=O) groups is 1. The van der Waals surface area contributed by atoms with Crippen LogP contribution in [0.1, 0.15) is 35.9 Å². The van der Waals surface area contributed by atoms with Crippen LogP contribution in [0, 0.1) is 0 Å². The van der Waals surface area contributed by atoms with Crippen LogP contribution in [0.2, 0.25) is 0 Å². The molecule has 0 saturated carbocycles. The fourth-order valence-electron chi connectivity index (χ4n) is 1.23. The molecule has 0 atom stereocenters. The minimum absolute atomic E-state index is 0.0681. The second-order valence-corrected chi connectivity index (χ2v) is 3.29. The molecule has 0 aromatic carbocycles. The molecule has 1 heterocycles. The molecule has 0 bridgehead atoms. The minimum atomic E-state index is -4.57. The van der Waals surface area contributed by atoms with Crippen molar-refractivity contribution in [1.29, 1.82) is 0 Å². The van der Waals surface area contributed by atoms with Gasteiger partial charge in [-0.3, -0.25) is 4.68 Å². The first-order valence-electron chi connectivity index (χ1n) is 4.74. The van der Waals surface area contributed by atoms with E-state index in [1.807, 2.05) is 6.92 Å². The van der Waals surface area contributed by atoms with Crippen molar-refractivity contribution < 1.29 is 23.1 Å². The molecule has 1 aromatic heterocycles. The van der Waals surface area contributed by atoms with Crippen molar-refractivity contribution in [3.8, 4) is 0 Å². The van der Waals surface area contributed by atoms with Crippen LogP contribution in [0.15, 0.2) is 6.07 Å². The van der Waals surface area contributed by atoms with Crippen molar-refractivity contribution >= 4 is 5.97 Å². The number of rotatable bonds is 4. The van der Waals surface area contributed by atoms with E-state index in [2.05, 4.69) is 5.10 Å². The van der Waals surface area contributed by atoms with E-state index < -0.39 is 23.5 Å². The van der Waals surface area contributed by atoms with Gasteiger partial charge in [0.25, 0.3) is 0 Å². The zero-order valence-corrected chi connectivity index (χ0v) is 8.58. The van der Waals surface area contributed by atoms with Crippen LogP contribution in [-0.4, -0.2) is 20.9 Å². The average molecular weight is 236 g/mol. The molecule has 0 radical (unpaired) electrons. The van der Waals surface area contributed by atoms with E-state index >= 15 is 0 Å². The number of hydrogen-bond acceptors (Lipinski definition) is 2. The molecule has 0 unspecified atom stereocenters. The highest BCUT2D eigenvalue weighted by Crippen LogP contribution is 2.30. The van der Waals surface area contributed by atoms with Gasteiger partial charge in [0.15, 0.2) is 5.69 Å². The Morgan fingerprint density at radius 2 is 2.19 bits per heavy atom. The Kier molecular flexibility index (Phi) is 3.56. The summed E-state index contributed by atoms with van der Waals surface area (Å²) in [6.45, 7) is 1.90. The summed E-state index contributed by atoms with van der Waals surface area (Å²) in [6.07, 6.45) is -3.35. The van der Waals surface area contributed by atoms with Crippen molar-refractivity contribution in [3.05, 3.63) is 17.5 Å². The number of halogens is 3. The van der Waals surface area contributed by atoms with Crippen LogP contribution < -0.4 is 0 Å². The second kappa shape index (κ2) is 4.54. The van der Waals surface area contributed by atoms with Gasteiger partial charge in [-0.1, -0.05) is 13.3 Å². The van der Waals surface area contributed by atoms with E-state index in [-0.39, 0.29) is 6.54 Å². The molecular formula is C9H11F3N2O2. The number of carboxylic acid groups (broad SMARTS) is 1. The van der Waals surface area contributed by atoms with E-state index in [1.165, 1.54) is 0 Å². The molecule has 0 amide bonds. The maximum atomic E-state index is 12.5. The van der Waals surface area contributed by atoms with Gasteiger partial charge in [-0.2, -0.15) is 18.3 Å². The van der Waals surface area contributed by atoms with Crippen LogP contribution in [0.3, 0.4) is 0 Å². The Balaban J connectivity index is 3.08. The number of carboxylic acids is 1.